The van der Waals surface area contributed by atoms with Crippen LogP contribution in [0.2, 0.25) is 0 Å². The fourth-order valence-electron chi connectivity index (χ4n) is 4.92. The first kappa shape index (κ1) is 20.9. The minimum Gasteiger partial charge on any atom is -0.299 e. The number of piperidine rings is 2. The number of benzene rings is 2. The Bertz CT molecular complexity index is 934. The summed E-state index contributed by atoms with van der Waals surface area (Å²) in [5.74, 6) is -0.231. The normalized spacial score (nSPS) is 23.2. The van der Waals surface area contributed by atoms with E-state index in [1.807, 2.05) is 12.1 Å². The van der Waals surface area contributed by atoms with Crippen molar-refractivity contribution in [3.8, 4) is 0 Å². The van der Waals surface area contributed by atoms with Crippen LogP contribution in [0, 0.1) is 5.92 Å². The van der Waals surface area contributed by atoms with Gasteiger partial charge in [-0.3, -0.25) is 24.6 Å². The fourth-order valence-corrected chi connectivity index (χ4v) is 5.18. The number of nitrogens with zero attached hydrogens (tertiary/aromatic N) is 1. The van der Waals surface area contributed by atoms with E-state index in [0.717, 1.165) is 48.8 Å². The van der Waals surface area contributed by atoms with E-state index in [4.69, 9.17) is 0 Å². The summed E-state index contributed by atoms with van der Waals surface area (Å²) in [6.45, 7) is 2.72. The molecule has 0 radical (unpaired) electrons. The maximum Gasteiger partial charge on any atom is 0.237 e. The molecular formula is C24H25BrN2O3. The molecule has 2 aromatic rings. The monoisotopic (exact) mass is 468 g/mol. The maximum atomic E-state index is 13.2. The van der Waals surface area contributed by atoms with Crippen molar-refractivity contribution in [1.82, 2.24) is 10.2 Å². The van der Waals surface area contributed by atoms with Crippen LogP contribution in [0.25, 0.3) is 0 Å². The molecule has 0 saturated carbocycles. The second kappa shape index (κ2) is 8.82. The minimum atomic E-state index is -0.709. The van der Waals surface area contributed by atoms with Crippen LogP contribution in [-0.2, 0) is 21.5 Å². The lowest BCUT2D eigenvalue weighted by atomic mass is 9.62. The fraction of sp³-hybridized carbons (Fsp3) is 0.375. The van der Waals surface area contributed by atoms with Gasteiger partial charge in [-0.1, -0.05) is 52.3 Å². The summed E-state index contributed by atoms with van der Waals surface area (Å²) in [6.07, 6.45) is 3.47. The summed E-state index contributed by atoms with van der Waals surface area (Å²) in [6, 6.07) is 15.7. The first-order chi connectivity index (χ1) is 14.5. The number of hydrogen-bond acceptors (Lipinski definition) is 4. The molecule has 4 rings (SSSR count). The van der Waals surface area contributed by atoms with Gasteiger partial charge in [-0.05, 0) is 61.5 Å². The van der Waals surface area contributed by atoms with Crippen LogP contribution >= 0.6 is 15.9 Å². The Kier molecular flexibility index (Phi) is 6.16. The lowest BCUT2D eigenvalue weighted by Crippen LogP contribution is -2.57. The highest BCUT2D eigenvalue weighted by Crippen LogP contribution is 2.44. The number of rotatable bonds is 5. The average molecular weight is 469 g/mol. The summed E-state index contributed by atoms with van der Waals surface area (Å²) in [4.78, 5) is 38.5. The summed E-state index contributed by atoms with van der Waals surface area (Å²) in [5, 5.41) is 2.59. The smallest absolute Gasteiger partial charge is 0.237 e. The zero-order valence-corrected chi connectivity index (χ0v) is 18.4. The number of likely N-dealkylation sites (tertiary alicyclic amines) is 1. The Hall–Kier alpha value is -2.31. The van der Waals surface area contributed by atoms with Crippen LogP contribution in [0.5, 0.6) is 0 Å². The van der Waals surface area contributed by atoms with Gasteiger partial charge in [0.05, 0.1) is 5.41 Å². The van der Waals surface area contributed by atoms with E-state index >= 15 is 0 Å². The minimum absolute atomic E-state index is 0.161. The molecule has 1 N–H and O–H groups in total. The number of aldehydes is 1. The molecule has 30 heavy (non-hydrogen) atoms. The van der Waals surface area contributed by atoms with Crippen LogP contribution in [0.3, 0.4) is 0 Å². The molecule has 2 amide bonds. The van der Waals surface area contributed by atoms with Crippen LogP contribution in [0.1, 0.15) is 47.2 Å². The molecule has 156 valence electrons. The van der Waals surface area contributed by atoms with Crippen LogP contribution < -0.4 is 5.32 Å². The summed E-state index contributed by atoms with van der Waals surface area (Å²) in [7, 11) is 0. The first-order valence-electron chi connectivity index (χ1n) is 10.4. The van der Waals surface area contributed by atoms with Gasteiger partial charge >= 0.3 is 0 Å². The number of imide groups is 1. The van der Waals surface area contributed by atoms with Crippen LogP contribution in [0.15, 0.2) is 53.0 Å². The molecule has 2 fully saturated rings. The third-order valence-corrected chi connectivity index (χ3v) is 7.10. The maximum absolute atomic E-state index is 13.2. The number of hydrogen-bond donors (Lipinski definition) is 1. The SMILES string of the molecule is O=Cc1ccc(C2(C3CCN(Cc4ccc(Br)cc4)CC3)CCC(=O)NC2=O)cc1. The predicted octanol–water partition coefficient (Wildman–Crippen LogP) is 3.85. The topological polar surface area (TPSA) is 66.5 Å². The van der Waals surface area contributed by atoms with Gasteiger partial charge in [-0.25, -0.2) is 0 Å². The van der Waals surface area contributed by atoms with Crippen molar-refractivity contribution in [2.45, 2.75) is 37.6 Å². The second-order valence-corrected chi connectivity index (χ2v) is 9.18. The summed E-state index contributed by atoms with van der Waals surface area (Å²) < 4.78 is 1.07. The van der Waals surface area contributed by atoms with Gasteiger partial charge in [0.2, 0.25) is 11.8 Å². The molecule has 0 bridgehead atoms. The molecule has 1 unspecified atom stereocenters. The zero-order valence-electron chi connectivity index (χ0n) is 16.8. The quantitative estimate of drug-likeness (QED) is 0.534. The summed E-state index contributed by atoms with van der Waals surface area (Å²) in [5.41, 5.74) is 2.06. The van der Waals surface area contributed by atoms with Crippen LogP contribution in [0.4, 0.5) is 0 Å². The highest BCUT2D eigenvalue weighted by atomic mass is 79.9. The zero-order chi connectivity index (χ0) is 21.1. The molecule has 0 aromatic heterocycles. The van der Waals surface area contributed by atoms with Crippen molar-refractivity contribution >= 4 is 34.0 Å². The van der Waals surface area contributed by atoms with Crippen LogP contribution in [-0.4, -0.2) is 36.1 Å². The highest BCUT2D eigenvalue weighted by molar-refractivity contribution is 9.10. The second-order valence-electron chi connectivity index (χ2n) is 8.27. The molecule has 2 heterocycles. The molecule has 2 aliphatic rings. The largest absolute Gasteiger partial charge is 0.299 e. The molecular weight excluding hydrogens is 444 g/mol. The average Bonchev–Trinajstić information content (AvgIpc) is 2.77. The molecule has 0 aliphatic carbocycles. The van der Waals surface area contributed by atoms with Gasteiger partial charge in [-0.2, -0.15) is 0 Å². The van der Waals surface area contributed by atoms with E-state index in [0.29, 0.717) is 18.4 Å². The molecule has 6 heteroatoms. The molecule has 1 atom stereocenters. The molecule has 0 spiro atoms. The van der Waals surface area contributed by atoms with Gasteiger partial charge < -0.3 is 0 Å². The first-order valence-corrected chi connectivity index (χ1v) is 11.2. The number of nitrogens with one attached hydrogen (secondary N) is 1. The van der Waals surface area contributed by atoms with Crippen molar-refractivity contribution in [3.63, 3.8) is 0 Å². The number of halogens is 1. The third kappa shape index (κ3) is 4.12. The Labute approximate surface area is 185 Å². The number of carbonyl (C=O) groups is 3. The number of amides is 2. The summed E-state index contributed by atoms with van der Waals surface area (Å²) >= 11 is 3.47. The van der Waals surface area contributed by atoms with E-state index in [1.54, 1.807) is 12.1 Å². The standard InChI is InChI=1S/C24H25BrN2O3/c25-21-7-3-17(4-8-21)15-27-13-10-20(11-14-27)24(12-9-22(29)26-23(24)30)19-5-1-18(16-28)2-6-19/h1-8,16,20H,9-15H2,(H,26,29,30). The Morgan fingerprint density at radius 2 is 1.70 bits per heavy atom. The van der Waals surface area contributed by atoms with Crippen molar-refractivity contribution < 1.29 is 14.4 Å². The van der Waals surface area contributed by atoms with E-state index < -0.39 is 5.41 Å². The Balaban J connectivity index is 1.53. The molecule has 2 aromatic carbocycles. The van der Waals surface area contributed by atoms with Gasteiger partial charge in [0.15, 0.2) is 0 Å². The van der Waals surface area contributed by atoms with E-state index in [-0.39, 0.29) is 17.7 Å². The molecule has 2 saturated heterocycles. The Morgan fingerprint density at radius 3 is 2.30 bits per heavy atom. The molecule has 2 aliphatic heterocycles. The van der Waals surface area contributed by atoms with Gasteiger partial charge in [0, 0.05) is 23.0 Å². The van der Waals surface area contributed by atoms with Crippen molar-refractivity contribution in [2.75, 3.05) is 13.1 Å². The third-order valence-electron chi connectivity index (χ3n) is 6.57. The van der Waals surface area contributed by atoms with Gasteiger partial charge in [-0.15, -0.1) is 0 Å². The number of carbonyl (C=O) groups excluding carboxylic acids is 3. The van der Waals surface area contributed by atoms with E-state index in [1.165, 1.54) is 5.56 Å². The van der Waals surface area contributed by atoms with E-state index in [9.17, 15) is 14.4 Å². The van der Waals surface area contributed by atoms with Gasteiger partial charge in [0.25, 0.3) is 0 Å². The molecule has 5 nitrogen and oxygen atoms in total. The van der Waals surface area contributed by atoms with Crippen molar-refractivity contribution in [3.05, 3.63) is 69.7 Å². The lowest BCUT2D eigenvalue weighted by Gasteiger charge is -2.45. The van der Waals surface area contributed by atoms with Gasteiger partial charge in [0.1, 0.15) is 6.29 Å². The predicted molar refractivity (Wildman–Crippen MR) is 118 cm³/mol. The Morgan fingerprint density at radius 1 is 1.03 bits per heavy atom. The van der Waals surface area contributed by atoms with E-state index in [2.05, 4.69) is 50.4 Å². The highest BCUT2D eigenvalue weighted by Gasteiger charge is 2.50. The van der Waals surface area contributed by atoms with Crippen molar-refractivity contribution in [1.29, 1.82) is 0 Å². The van der Waals surface area contributed by atoms with Crippen molar-refractivity contribution in [2.24, 2.45) is 5.92 Å². The lowest BCUT2D eigenvalue weighted by molar-refractivity contribution is -0.140.